The summed E-state index contributed by atoms with van der Waals surface area (Å²) in [7, 11) is -9.92. The van der Waals surface area contributed by atoms with E-state index in [1.54, 1.807) is 0 Å². The minimum absolute atomic E-state index is 0.108. The number of rotatable bonds is 83. The van der Waals surface area contributed by atoms with Gasteiger partial charge in [0.25, 0.3) is 0 Å². The van der Waals surface area contributed by atoms with E-state index >= 15 is 0 Å². The van der Waals surface area contributed by atoms with Crippen LogP contribution in [0.3, 0.4) is 0 Å². The van der Waals surface area contributed by atoms with Crippen LogP contribution < -0.4 is 0 Å². The van der Waals surface area contributed by atoms with Crippen molar-refractivity contribution in [3.8, 4) is 0 Å². The third-order valence-electron chi connectivity index (χ3n) is 19.9. The van der Waals surface area contributed by atoms with Gasteiger partial charge in [-0.1, -0.05) is 394 Å². The molecule has 3 N–H and O–H groups in total. The van der Waals surface area contributed by atoms with E-state index in [0.717, 1.165) is 109 Å². The zero-order valence-electron chi connectivity index (χ0n) is 66.8. The fourth-order valence-electron chi connectivity index (χ4n) is 12.9. The quantitative estimate of drug-likeness (QED) is 0.0222. The molecule has 0 aromatic rings. The molecule has 3 unspecified atom stereocenters. The highest BCUT2D eigenvalue weighted by molar-refractivity contribution is 7.47. The number of esters is 4. The first kappa shape index (κ1) is 100. The Kier molecular flexibility index (Phi) is 74.4. The number of carbonyl (C=O) groups excluding carboxylic acids is 4. The summed E-state index contributed by atoms with van der Waals surface area (Å²) in [6.45, 7) is 7.37. The van der Waals surface area contributed by atoms with Crippen LogP contribution in [-0.4, -0.2) is 96.7 Å². The molecule has 0 aromatic heterocycles. The summed E-state index contributed by atoms with van der Waals surface area (Å²) >= 11 is 0. The third-order valence-corrected chi connectivity index (χ3v) is 21.8. The van der Waals surface area contributed by atoms with Gasteiger partial charge in [0, 0.05) is 25.7 Å². The van der Waals surface area contributed by atoms with Crippen LogP contribution in [0.2, 0.25) is 0 Å². The summed E-state index contributed by atoms with van der Waals surface area (Å²) in [6.07, 6.45) is 68.1. The molecule has 0 saturated heterocycles. The SMILES string of the molecule is CCCCCCCCCCCCCCCCCCCC(=O)OC[C@H](COP(=O)(O)OC[C@@H](O)COP(=O)(O)OC[C@@H](COC(=O)CCCCCCCCC)OC(=O)CCCCCCCCCCCCCCCCCC)OC(=O)CCCCCCCCCCCCCCCCCCCCC(C)CC. The molecule has 0 aliphatic rings. The van der Waals surface area contributed by atoms with Crippen LogP contribution in [0, 0.1) is 5.92 Å². The fourth-order valence-corrected chi connectivity index (χ4v) is 14.5. The monoisotopic (exact) mass is 1490 g/mol. The zero-order valence-corrected chi connectivity index (χ0v) is 68.5. The minimum atomic E-state index is -4.96. The van der Waals surface area contributed by atoms with Gasteiger partial charge >= 0.3 is 39.5 Å². The van der Waals surface area contributed by atoms with Crippen molar-refractivity contribution in [2.75, 3.05) is 39.6 Å². The van der Waals surface area contributed by atoms with Crippen molar-refractivity contribution in [3.05, 3.63) is 0 Å². The van der Waals surface area contributed by atoms with Gasteiger partial charge in [0.15, 0.2) is 12.2 Å². The van der Waals surface area contributed by atoms with Gasteiger partial charge < -0.3 is 33.8 Å². The van der Waals surface area contributed by atoms with Gasteiger partial charge in [-0.25, -0.2) is 9.13 Å². The Morgan fingerprint density at radius 1 is 0.275 bits per heavy atom. The lowest BCUT2D eigenvalue weighted by Gasteiger charge is -2.21. The second-order valence-electron chi connectivity index (χ2n) is 30.1. The molecule has 102 heavy (non-hydrogen) atoms. The number of ether oxygens (including phenoxy) is 4. The Morgan fingerprint density at radius 3 is 0.696 bits per heavy atom. The molecule has 6 atom stereocenters. The summed E-state index contributed by atoms with van der Waals surface area (Å²) in [5, 5.41) is 10.6. The summed E-state index contributed by atoms with van der Waals surface area (Å²) in [4.78, 5) is 72.9. The highest BCUT2D eigenvalue weighted by Gasteiger charge is 2.30. The summed E-state index contributed by atoms with van der Waals surface area (Å²) in [5.74, 6) is -1.24. The number of aliphatic hydroxyl groups is 1. The first-order valence-electron chi connectivity index (χ1n) is 43.2. The van der Waals surface area contributed by atoms with Crippen molar-refractivity contribution in [3.63, 3.8) is 0 Å². The first-order valence-corrected chi connectivity index (χ1v) is 46.2. The largest absolute Gasteiger partial charge is 0.472 e. The molecule has 17 nitrogen and oxygen atoms in total. The van der Waals surface area contributed by atoms with Gasteiger partial charge in [0.1, 0.15) is 19.3 Å². The number of phosphoric ester groups is 2. The number of carbonyl (C=O) groups is 4. The van der Waals surface area contributed by atoms with Crippen LogP contribution in [0.1, 0.15) is 446 Å². The summed E-state index contributed by atoms with van der Waals surface area (Å²) in [5.41, 5.74) is 0. The van der Waals surface area contributed by atoms with Crippen LogP contribution in [0.15, 0.2) is 0 Å². The lowest BCUT2D eigenvalue weighted by Crippen LogP contribution is -2.30. The summed E-state index contributed by atoms with van der Waals surface area (Å²) in [6, 6.07) is 0. The predicted octanol–water partition coefficient (Wildman–Crippen LogP) is 25.2. The Morgan fingerprint density at radius 2 is 0.471 bits per heavy atom. The van der Waals surface area contributed by atoms with E-state index in [1.807, 2.05) is 0 Å². The molecule has 0 spiro atoms. The van der Waals surface area contributed by atoms with Crippen LogP contribution in [0.4, 0.5) is 0 Å². The number of phosphoric acid groups is 2. The number of hydrogen-bond donors (Lipinski definition) is 3. The molecule has 0 aliphatic carbocycles. The molecule has 0 heterocycles. The average molecular weight is 1490 g/mol. The first-order chi connectivity index (χ1) is 49.6. The predicted molar refractivity (Wildman–Crippen MR) is 418 cm³/mol. The number of unbranched alkanes of at least 4 members (excludes halogenated alkanes) is 54. The summed E-state index contributed by atoms with van der Waals surface area (Å²) < 4.78 is 68.7. The van der Waals surface area contributed by atoms with Crippen molar-refractivity contribution in [1.82, 2.24) is 0 Å². The standard InChI is InChI=1S/C83H162O17P2/c1-6-10-13-16-19-21-23-25-27-31-36-39-43-47-52-57-62-67-81(86)94-73-79(100-83(88)69-64-59-54-49-45-41-37-33-30-29-32-34-38-42-46-51-55-60-65-76(5)9-4)75-98-102(91,92)96-71-77(84)70-95-101(89,90)97-74-78(72-93-80(85)66-61-56-50-18-15-12-8-3)99-82(87)68-63-58-53-48-44-40-35-28-26-24-22-20-17-14-11-7-2/h76-79,84H,6-75H2,1-5H3,(H,89,90)(H,91,92)/t76?,77-,78+,79+/m0/s1. The lowest BCUT2D eigenvalue weighted by molar-refractivity contribution is -0.161. The van der Waals surface area contributed by atoms with E-state index < -0.39 is 97.5 Å². The van der Waals surface area contributed by atoms with E-state index in [4.69, 9.17) is 37.0 Å². The molecule has 0 radical (unpaired) electrons. The number of aliphatic hydroxyl groups excluding tert-OH is 1. The van der Waals surface area contributed by atoms with Crippen LogP contribution in [0.25, 0.3) is 0 Å². The molecule has 0 rings (SSSR count). The Balaban J connectivity index is 5.16. The van der Waals surface area contributed by atoms with Gasteiger partial charge in [-0.05, 0) is 31.6 Å². The van der Waals surface area contributed by atoms with Crippen molar-refractivity contribution >= 4 is 39.5 Å². The van der Waals surface area contributed by atoms with Crippen LogP contribution in [-0.2, 0) is 65.4 Å². The lowest BCUT2D eigenvalue weighted by atomic mass is 9.99. The van der Waals surface area contributed by atoms with E-state index in [2.05, 4.69) is 34.6 Å². The average Bonchev–Trinajstić information content (AvgIpc) is 0.913. The topological polar surface area (TPSA) is 237 Å². The Hall–Kier alpha value is -1.94. The molecule has 0 aromatic carbocycles. The smallest absolute Gasteiger partial charge is 0.462 e. The van der Waals surface area contributed by atoms with E-state index in [0.29, 0.717) is 25.7 Å². The molecule has 0 fully saturated rings. The van der Waals surface area contributed by atoms with E-state index in [1.165, 1.54) is 257 Å². The van der Waals surface area contributed by atoms with Crippen molar-refractivity contribution in [1.29, 1.82) is 0 Å². The van der Waals surface area contributed by atoms with E-state index in [9.17, 15) is 43.2 Å². The highest BCUT2D eigenvalue weighted by Crippen LogP contribution is 2.45. The van der Waals surface area contributed by atoms with Gasteiger partial charge in [-0.2, -0.15) is 0 Å². The van der Waals surface area contributed by atoms with Gasteiger partial charge in [0.2, 0.25) is 0 Å². The van der Waals surface area contributed by atoms with Crippen molar-refractivity contribution in [2.45, 2.75) is 464 Å². The highest BCUT2D eigenvalue weighted by atomic mass is 31.2. The fraction of sp³-hybridized carbons (Fsp3) is 0.952. The molecule has 606 valence electrons. The molecule has 0 saturated carbocycles. The zero-order chi connectivity index (χ0) is 74.8. The second kappa shape index (κ2) is 75.9. The van der Waals surface area contributed by atoms with Crippen LogP contribution >= 0.6 is 15.6 Å². The van der Waals surface area contributed by atoms with Gasteiger partial charge in [-0.15, -0.1) is 0 Å². The molecule has 0 aliphatic heterocycles. The maximum absolute atomic E-state index is 13.1. The molecular weight excluding hydrogens is 1330 g/mol. The Bertz CT molecular complexity index is 1950. The maximum Gasteiger partial charge on any atom is 0.472 e. The minimum Gasteiger partial charge on any atom is -0.462 e. The molecule has 19 heteroatoms. The van der Waals surface area contributed by atoms with Gasteiger partial charge in [-0.3, -0.25) is 37.3 Å². The van der Waals surface area contributed by atoms with E-state index in [-0.39, 0.29) is 25.7 Å². The van der Waals surface area contributed by atoms with Crippen LogP contribution in [0.5, 0.6) is 0 Å². The molecular formula is C83H162O17P2. The van der Waals surface area contributed by atoms with Crippen molar-refractivity contribution in [2.24, 2.45) is 5.92 Å². The Labute approximate surface area is 626 Å². The second-order valence-corrected chi connectivity index (χ2v) is 33.0. The maximum atomic E-state index is 13.1. The molecule has 0 bridgehead atoms. The van der Waals surface area contributed by atoms with Crippen molar-refractivity contribution < 1.29 is 80.2 Å². The molecule has 0 amide bonds. The third kappa shape index (κ3) is 74.9. The number of hydrogen-bond acceptors (Lipinski definition) is 15. The van der Waals surface area contributed by atoms with Gasteiger partial charge in [0.05, 0.1) is 26.4 Å². The normalized spacial score (nSPS) is 14.1.